The Balaban J connectivity index is 1.38. The van der Waals surface area contributed by atoms with Crippen LogP contribution in [0.3, 0.4) is 0 Å². The lowest BCUT2D eigenvalue weighted by Gasteiger charge is -2.17. The van der Waals surface area contributed by atoms with Crippen molar-refractivity contribution in [2.75, 3.05) is 23.3 Å². The summed E-state index contributed by atoms with van der Waals surface area (Å²) in [6, 6.07) is 12.7. The first kappa shape index (κ1) is 22.9. The van der Waals surface area contributed by atoms with Gasteiger partial charge in [0, 0.05) is 43.1 Å². The Morgan fingerprint density at radius 3 is 2.48 bits per heavy atom. The van der Waals surface area contributed by atoms with Gasteiger partial charge in [-0.2, -0.15) is 0 Å². The van der Waals surface area contributed by atoms with Gasteiger partial charge in [0.25, 0.3) is 11.8 Å². The second-order valence-corrected chi connectivity index (χ2v) is 8.53. The average molecular weight is 485 g/mol. The van der Waals surface area contributed by atoms with E-state index >= 15 is 0 Å². The number of hydrogen-bond donors (Lipinski definition) is 3. The summed E-state index contributed by atoms with van der Waals surface area (Å²) in [7, 11) is 0. The van der Waals surface area contributed by atoms with Crippen molar-refractivity contribution in [1.82, 2.24) is 10.3 Å². The molecule has 0 saturated carbocycles. The zero-order valence-electron chi connectivity index (χ0n) is 17.6. The zero-order valence-corrected chi connectivity index (χ0v) is 19.2. The van der Waals surface area contributed by atoms with Crippen LogP contribution >= 0.6 is 23.2 Å². The minimum absolute atomic E-state index is 0.108. The topological polar surface area (TPSA) is 94.6 Å². The number of carbonyl (C=O) groups is 2. The molecule has 1 aliphatic rings. The fraction of sp³-hybridized carbons (Fsp3) is 0.208. The molecule has 1 saturated heterocycles. The summed E-state index contributed by atoms with van der Waals surface area (Å²) >= 11 is 11.8. The number of pyridine rings is 1. The van der Waals surface area contributed by atoms with Crippen LogP contribution in [-0.2, 0) is 6.54 Å². The maximum atomic E-state index is 12.6. The van der Waals surface area contributed by atoms with Crippen molar-refractivity contribution >= 4 is 46.5 Å². The smallest absolute Gasteiger partial charge is 0.255 e. The van der Waals surface area contributed by atoms with E-state index < -0.39 is 11.8 Å². The number of aromatic hydroxyl groups is 1. The molecule has 4 rings (SSSR count). The predicted octanol–water partition coefficient (Wildman–Crippen LogP) is 4.88. The number of carbonyl (C=O) groups excluding carboxylic acids is 2. The van der Waals surface area contributed by atoms with Gasteiger partial charge in [0.2, 0.25) is 0 Å². The third-order valence-corrected chi connectivity index (χ3v) is 6.11. The number of rotatable bonds is 6. The van der Waals surface area contributed by atoms with Crippen LogP contribution in [0.25, 0.3) is 0 Å². The summed E-state index contributed by atoms with van der Waals surface area (Å²) < 4.78 is 0. The Bertz CT molecular complexity index is 1200. The van der Waals surface area contributed by atoms with Gasteiger partial charge in [0.05, 0.1) is 15.6 Å². The maximum absolute atomic E-state index is 12.6. The summed E-state index contributed by atoms with van der Waals surface area (Å²) in [5, 5.41) is 16.4. The Morgan fingerprint density at radius 2 is 1.76 bits per heavy atom. The molecule has 1 aliphatic heterocycles. The van der Waals surface area contributed by atoms with Crippen molar-refractivity contribution < 1.29 is 14.7 Å². The minimum Gasteiger partial charge on any atom is -0.507 e. The van der Waals surface area contributed by atoms with E-state index in [1.54, 1.807) is 18.3 Å². The van der Waals surface area contributed by atoms with E-state index in [0.717, 1.165) is 37.3 Å². The number of nitrogens with one attached hydrogen (secondary N) is 2. The van der Waals surface area contributed by atoms with Crippen molar-refractivity contribution in [3.05, 3.63) is 81.5 Å². The number of nitrogens with zero attached hydrogens (tertiary/aromatic N) is 2. The first-order chi connectivity index (χ1) is 15.9. The monoisotopic (exact) mass is 484 g/mol. The van der Waals surface area contributed by atoms with Crippen LogP contribution < -0.4 is 15.5 Å². The molecule has 1 fully saturated rings. The van der Waals surface area contributed by atoms with Crippen molar-refractivity contribution in [3.8, 4) is 5.75 Å². The molecule has 7 nitrogen and oxygen atoms in total. The quantitative estimate of drug-likeness (QED) is 0.463. The lowest BCUT2D eigenvalue weighted by molar-refractivity contribution is 0.0947. The van der Waals surface area contributed by atoms with Crippen LogP contribution in [0.4, 0.5) is 11.5 Å². The van der Waals surface area contributed by atoms with E-state index in [0.29, 0.717) is 22.8 Å². The second-order valence-electron chi connectivity index (χ2n) is 7.71. The molecule has 0 spiro atoms. The molecule has 0 atom stereocenters. The zero-order chi connectivity index (χ0) is 23.4. The maximum Gasteiger partial charge on any atom is 0.255 e. The number of phenolic OH excluding ortho intramolecular Hbond substituents is 1. The third kappa shape index (κ3) is 5.56. The number of hydrogen-bond acceptors (Lipinski definition) is 5. The molecule has 2 amide bonds. The molecule has 9 heteroatoms. The molecule has 1 aromatic heterocycles. The molecule has 0 unspecified atom stereocenters. The number of halogens is 2. The third-order valence-electron chi connectivity index (χ3n) is 5.38. The standard InChI is InChI=1S/C24H22Cl2N4O3/c25-19-6-3-16(12-20(19)26)23(32)29-17-4-5-18(21(31)13-17)24(33)28-14-15-7-8-27-22(11-15)30-9-1-2-10-30/h3-8,11-13,31H,1-2,9-10,14H2,(H,28,33)(H,29,32). The average Bonchev–Trinajstić information content (AvgIpc) is 3.35. The van der Waals surface area contributed by atoms with Crippen LogP contribution in [-0.4, -0.2) is 35.0 Å². The molecule has 170 valence electrons. The largest absolute Gasteiger partial charge is 0.507 e. The minimum atomic E-state index is -0.422. The van der Waals surface area contributed by atoms with E-state index in [1.165, 1.54) is 24.3 Å². The summed E-state index contributed by atoms with van der Waals surface area (Å²) in [4.78, 5) is 31.6. The normalized spacial score (nSPS) is 13.1. The van der Waals surface area contributed by atoms with E-state index in [9.17, 15) is 14.7 Å². The van der Waals surface area contributed by atoms with Crippen molar-refractivity contribution in [1.29, 1.82) is 0 Å². The number of amides is 2. The number of benzene rings is 2. The Labute approximate surface area is 201 Å². The van der Waals surface area contributed by atoms with E-state index in [-0.39, 0.29) is 16.3 Å². The highest BCUT2D eigenvalue weighted by molar-refractivity contribution is 6.42. The van der Waals surface area contributed by atoms with Crippen LogP contribution in [0.1, 0.15) is 39.1 Å². The van der Waals surface area contributed by atoms with Crippen molar-refractivity contribution in [2.45, 2.75) is 19.4 Å². The molecular formula is C24H22Cl2N4O3. The fourth-order valence-electron chi connectivity index (χ4n) is 3.61. The number of anilines is 2. The SMILES string of the molecule is O=C(Nc1ccc(C(=O)NCc2ccnc(N3CCCC3)c2)c(O)c1)c1ccc(Cl)c(Cl)c1. The van der Waals surface area contributed by atoms with Crippen LogP contribution in [0.2, 0.25) is 10.0 Å². The van der Waals surface area contributed by atoms with Crippen LogP contribution in [0, 0.1) is 0 Å². The summed E-state index contributed by atoms with van der Waals surface area (Å²) in [5.74, 6) is -0.179. The molecule has 33 heavy (non-hydrogen) atoms. The molecule has 3 aromatic rings. The van der Waals surface area contributed by atoms with Crippen LogP contribution in [0.5, 0.6) is 5.75 Å². The number of aromatic nitrogens is 1. The van der Waals surface area contributed by atoms with Crippen molar-refractivity contribution in [2.24, 2.45) is 0 Å². The molecule has 0 aliphatic carbocycles. The molecule has 2 heterocycles. The molecule has 0 radical (unpaired) electrons. The molecule has 0 bridgehead atoms. The summed E-state index contributed by atoms with van der Waals surface area (Å²) in [6.45, 7) is 2.28. The highest BCUT2D eigenvalue weighted by atomic mass is 35.5. The number of phenols is 1. The van der Waals surface area contributed by atoms with Gasteiger partial charge < -0.3 is 20.6 Å². The van der Waals surface area contributed by atoms with Gasteiger partial charge in [-0.1, -0.05) is 23.2 Å². The van der Waals surface area contributed by atoms with E-state index in [2.05, 4.69) is 20.5 Å². The highest BCUT2D eigenvalue weighted by Gasteiger charge is 2.16. The van der Waals surface area contributed by atoms with Crippen molar-refractivity contribution in [3.63, 3.8) is 0 Å². The van der Waals surface area contributed by atoms with Gasteiger partial charge in [-0.05, 0) is 60.9 Å². The fourth-order valence-corrected chi connectivity index (χ4v) is 3.91. The van der Waals surface area contributed by atoms with Gasteiger partial charge in [-0.3, -0.25) is 9.59 Å². The Morgan fingerprint density at radius 1 is 0.970 bits per heavy atom. The lowest BCUT2D eigenvalue weighted by Crippen LogP contribution is -2.24. The highest BCUT2D eigenvalue weighted by Crippen LogP contribution is 2.25. The van der Waals surface area contributed by atoms with Crippen LogP contribution in [0.15, 0.2) is 54.7 Å². The lowest BCUT2D eigenvalue weighted by atomic mass is 10.1. The van der Waals surface area contributed by atoms with Gasteiger partial charge in [-0.15, -0.1) is 0 Å². The Kier molecular flexibility index (Phi) is 7.01. The van der Waals surface area contributed by atoms with Gasteiger partial charge >= 0.3 is 0 Å². The summed E-state index contributed by atoms with van der Waals surface area (Å²) in [6.07, 6.45) is 4.05. The van der Waals surface area contributed by atoms with E-state index in [1.807, 2.05) is 12.1 Å². The second kappa shape index (κ2) is 10.1. The van der Waals surface area contributed by atoms with Gasteiger partial charge in [0.15, 0.2) is 0 Å². The first-order valence-electron chi connectivity index (χ1n) is 10.5. The predicted molar refractivity (Wildman–Crippen MR) is 129 cm³/mol. The van der Waals surface area contributed by atoms with Gasteiger partial charge in [-0.25, -0.2) is 4.98 Å². The molecular weight excluding hydrogens is 463 g/mol. The van der Waals surface area contributed by atoms with E-state index in [4.69, 9.17) is 23.2 Å². The summed E-state index contributed by atoms with van der Waals surface area (Å²) in [5.41, 5.74) is 1.68. The first-order valence-corrected chi connectivity index (χ1v) is 11.2. The van der Waals surface area contributed by atoms with Gasteiger partial charge in [0.1, 0.15) is 11.6 Å². The molecule has 3 N–H and O–H groups in total. The Hall–Kier alpha value is -3.29. The molecule has 2 aromatic carbocycles.